The monoisotopic (exact) mass is 547 g/mol. The molecule has 39 heavy (non-hydrogen) atoms. The minimum atomic E-state index is -4.59. The molecule has 1 fully saturated rings. The average Bonchev–Trinajstić information content (AvgIpc) is 2.91. The topological polar surface area (TPSA) is 118 Å². The van der Waals surface area contributed by atoms with Gasteiger partial charge in [0.2, 0.25) is 5.91 Å². The van der Waals surface area contributed by atoms with Crippen molar-refractivity contribution < 1.29 is 33.7 Å². The molecule has 0 bridgehead atoms. The molecule has 7 nitrogen and oxygen atoms in total. The largest absolute Gasteiger partial charge is 0.507 e. The Labute approximate surface area is 225 Å². The van der Waals surface area contributed by atoms with Gasteiger partial charge in [0.05, 0.1) is 23.4 Å². The van der Waals surface area contributed by atoms with E-state index in [4.69, 9.17) is 0 Å². The first-order chi connectivity index (χ1) is 18.6. The predicted octanol–water partition coefficient (Wildman–Crippen LogP) is 5.22. The van der Waals surface area contributed by atoms with Gasteiger partial charge >= 0.3 is 7.60 Å². The van der Waals surface area contributed by atoms with Crippen molar-refractivity contribution in [1.82, 2.24) is 0 Å². The van der Waals surface area contributed by atoms with Crippen LogP contribution in [0, 0.1) is 11.7 Å². The quantitative estimate of drug-likeness (QED) is 0.178. The van der Waals surface area contributed by atoms with E-state index < -0.39 is 31.5 Å². The van der Waals surface area contributed by atoms with Crippen LogP contribution < -0.4 is 10.2 Å². The van der Waals surface area contributed by atoms with Gasteiger partial charge in [0.1, 0.15) is 11.6 Å². The Morgan fingerprint density at radius 1 is 0.872 bits per heavy atom. The molecule has 9 heteroatoms. The van der Waals surface area contributed by atoms with E-state index in [9.17, 15) is 33.7 Å². The fourth-order valence-electron chi connectivity index (χ4n) is 5.22. The molecule has 0 spiro atoms. The van der Waals surface area contributed by atoms with Crippen LogP contribution in [0.25, 0.3) is 11.1 Å². The summed E-state index contributed by atoms with van der Waals surface area (Å²) < 4.78 is 25.7. The van der Waals surface area contributed by atoms with Crippen molar-refractivity contribution >= 4 is 24.5 Å². The molecule has 0 aliphatic carbocycles. The molecule has 200 valence electrons. The second kappa shape index (κ2) is 10.8. The third kappa shape index (κ3) is 5.37. The number of phenols is 1. The number of anilines is 1. The van der Waals surface area contributed by atoms with Gasteiger partial charge in [-0.3, -0.25) is 9.36 Å². The molecule has 1 amide bonds. The van der Waals surface area contributed by atoms with E-state index in [2.05, 4.69) is 0 Å². The van der Waals surface area contributed by atoms with Gasteiger partial charge in [0, 0.05) is 16.8 Å². The molecule has 0 aromatic heterocycles. The maximum absolute atomic E-state index is 13.6. The number of para-hydroxylation sites is 1. The number of halogens is 1. The van der Waals surface area contributed by atoms with Gasteiger partial charge in [-0.2, -0.15) is 0 Å². The number of carbonyl (C=O) groups excluding carboxylic acids is 1. The number of hydrogen-bond donors (Lipinski definition) is 4. The Morgan fingerprint density at radius 2 is 1.59 bits per heavy atom. The molecule has 3 unspecified atom stereocenters. The van der Waals surface area contributed by atoms with Crippen LogP contribution >= 0.6 is 7.60 Å². The highest BCUT2D eigenvalue weighted by Gasteiger charge is 2.48. The van der Waals surface area contributed by atoms with Gasteiger partial charge in [0.25, 0.3) is 0 Å². The molecule has 4 aromatic carbocycles. The van der Waals surface area contributed by atoms with Gasteiger partial charge in [-0.05, 0) is 60.4 Å². The Hall–Kier alpha value is -3.81. The Morgan fingerprint density at radius 3 is 2.28 bits per heavy atom. The minimum absolute atomic E-state index is 0.131. The number of hydrogen-bond acceptors (Lipinski definition) is 4. The number of aliphatic hydroxyl groups is 1. The van der Waals surface area contributed by atoms with Gasteiger partial charge in [-0.15, -0.1) is 0 Å². The lowest BCUT2D eigenvalue weighted by Crippen LogP contribution is -2.55. The lowest BCUT2D eigenvalue weighted by atomic mass is 9.78. The molecule has 1 heterocycles. The zero-order chi connectivity index (χ0) is 27.7. The number of rotatable bonds is 8. The normalized spacial score (nSPS) is 18.1. The van der Waals surface area contributed by atoms with Gasteiger partial charge in [0.15, 0.2) is 0 Å². The van der Waals surface area contributed by atoms with Crippen LogP contribution in [0.4, 0.5) is 10.1 Å². The molecule has 0 radical (unpaired) electrons. The van der Waals surface area contributed by atoms with Gasteiger partial charge in [-0.1, -0.05) is 60.7 Å². The van der Waals surface area contributed by atoms with Crippen LogP contribution in [0.1, 0.15) is 36.1 Å². The van der Waals surface area contributed by atoms with E-state index in [1.54, 1.807) is 29.2 Å². The molecule has 4 N–H and O–H groups in total. The van der Waals surface area contributed by atoms with Crippen molar-refractivity contribution in [2.24, 2.45) is 5.92 Å². The standard InChI is InChI=1S/C30H27FNO6P/c31-21-8-6-7-19(17-21)26(33)16-15-25-29(32(30(25)35)22-9-2-1-3-10-22)20-13-14-23(27(34)18-20)24-11-4-5-12-28(24)39(36,37)38/h1-14,17-18,25-26,29,33-34H,15-16H2,(H2,36,37,38). The van der Waals surface area contributed by atoms with Crippen LogP contribution in [0.5, 0.6) is 5.75 Å². The first kappa shape index (κ1) is 26.8. The average molecular weight is 548 g/mol. The van der Waals surface area contributed by atoms with E-state index in [1.165, 1.54) is 42.5 Å². The SMILES string of the molecule is O=C1C(CCC(O)c2cccc(F)c2)C(c2ccc(-c3ccccc3P(=O)(O)O)c(O)c2)N1c1ccccc1. The van der Waals surface area contributed by atoms with E-state index in [0.29, 0.717) is 23.2 Å². The summed E-state index contributed by atoms with van der Waals surface area (Å²) in [7, 11) is -4.59. The first-order valence-corrected chi connectivity index (χ1v) is 14.1. The highest BCUT2D eigenvalue weighted by Crippen LogP contribution is 2.48. The molecule has 1 saturated heterocycles. The fourth-order valence-corrected chi connectivity index (χ4v) is 6.01. The number of nitrogens with zero attached hydrogens (tertiary/aromatic N) is 1. The number of phenolic OH excluding ortho intramolecular Hbond substituents is 1. The molecule has 0 saturated carbocycles. The van der Waals surface area contributed by atoms with Crippen LogP contribution in [0.2, 0.25) is 0 Å². The molecular weight excluding hydrogens is 520 g/mol. The van der Waals surface area contributed by atoms with Gasteiger partial charge in [-0.25, -0.2) is 4.39 Å². The smallest absolute Gasteiger partial charge is 0.356 e. The summed E-state index contributed by atoms with van der Waals surface area (Å²) in [5, 5.41) is 21.4. The van der Waals surface area contributed by atoms with Crippen molar-refractivity contribution in [3.63, 3.8) is 0 Å². The third-order valence-corrected chi connectivity index (χ3v) is 8.12. The number of aromatic hydroxyl groups is 1. The van der Waals surface area contributed by atoms with Crippen molar-refractivity contribution in [1.29, 1.82) is 0 Å². The highest BCUT2D eigenvalue weighted by atomic mass is 31.2. The zero-order valence-electron chi connectivity index (χ0n) is 20.8. The zero-order valence-corrected chi connectivity index (χ0v) is 21.7. The number of amides is 1. The van der Waals surface area contributed by atoms with E-state index in [-0.39, 0.29) is 34.5 Å². The molecule has 4 aromatic rings. The molecule has 3 atom stereocenters. The summed E-state index contributed by atoms with van der Waals surface area (Å²) in [6.07, 6.45) is -0.382. The molecule has 1 aliphatic heterocycles. The van der Waals surface area contributed by atoms with Crippen LogP contribution in [-0.4, -0.2) is 25.9 Å². The van der Waals surface area contributed by atoms with E-state index in [0.717, 1.165) is 0 Å². The van der Waals surface area contributed by atoms with Crippen molar-refractivity contribution in [2.45, 2.75) is 25.0 Å². The second-order valence-electron chi connectivity index (χ2n) is 9.58. The fraction of sp³-hybridized carbons (Fsp3) is 0.167. The van der Waals surface area contributed by atoms with E-state index in [1.807, 2.05) is 30.3 Å². The van der Waals surface area contributed by atoms with Crippen molar-refractivity contribution in [3.8, 4) is 16.9 Å². The number of β-lactam (4-membered cyclic amide) rings is 1. The second-order valence-corrected chi connectivity index (χ2v) is 11.2. The first-order valence-electron chi connectivity index (χ1n) is 12.4. The Bertz CT molecular complexity index is 1560. The molecule has 5 rings (SSSR count). The lowest BCUT2D eigenvalue weighted by Gasteiger charge is -2.48. The predicted molar refractivity (Wildman–Crippen MR) is 146 cm³/mol. The maximum Gasteiger partial charge on any atom is 0.356 e. The maximum atomic E-state index is 13.6. The van der Waals surface area contributed by atoms with Crippen LogP contribution in [-0.2, 0) is 9.36 Å². The highest BCUT2D eigenvalue weighted by molar-refractivity contribution is 7.60. The number of benzene rings is 4. The molecular formula is C30H27FNO6P. The summed E-state index contributed by atoms with van der Waals surface area (Å²) in [6.45, 7) is 0. The number of carbonyl (C=O) groups is 1. The summed E-state index contributed by atoms with van der Waals surface area (Å²) in [5.74, 6) is -1.26. The number of aliphatic hydroxyl groups excluding tert-OH is 1. The van der Waals surface area contributed by atoms with Crippen LogP contribution in [0.15, 0.2) is 97.1 Å². The summed E-state index contributed by atoms with van der Waals surface area (Å²) >= 11 is 0. The van der Waals surface area contributed by atoms with Crippen LogP contribution in [0.3, 0.4) is 0 Å². The molecule has 1 aliphatic rings. The third-order valence-electron chi connectivity index (χ3n) is 7.10. The lowest BCUT2D eigenvalue weighted by molar-refractivity contribution is -0.131. The van der Waals surface area contributed by atoms with Crippen molar-refractivity contribution in [2.75, 3.05) is 4.90 Å². The Kier molecular flexibility index (Phi) is 7.38. The Balaban J connectivity index is 1.46. The van der Waals surface area contributed by atoms with Crippen molar-refractivity contribution in [3.05, 3.63) is 114 Å². The minimum Gasteiger partial charge on any atom is -0.507 e. The summed E-state index contributed by atoms with van der Waals surface area (Å²) in [6, 6.07) is 25.2. The summed E-state index contributed by atoms with van der Waals surface area (Å²) in [5.41, 5.74) is 2.23. The van der Waals surface area contributed by atoms with E-state index >= 15 is 0 Å². The van der Waals surface area contributed by atoms with Gasteiger partial charge < -0.3 is 24.9 Å². The summed E-state index contributed by atoms with van der Waals surface area (Å²) in [4.78, 5) is 34.5.